The Bertz CT molecular complexity index is 901. The lowest BCUT2D eigenvalue weighted by atomic mass is 10.1. The maximum Gasteiger partial charge on any atom is 0.324 e. The van der Waals surface area contributed by atoms with Crippen molar-refractivity contribution in [3.05, 3.63) is 41.4 Å². The summed E-state index contributed by atoms with van der Waals surface area (Å²) < 4.78 is 32.2. The first-order chi connectivity index (χ1) is 11.9. The highest BCUT2D eigenvalue weighted by atomic mass is 35.5. The van der Waals surface area contributed by atoms with Crippen LogP contribution in [0.15, 0.2) is 41.3 Å². The fourth-order valence-electron chi connectivity index (χ4n) is 2.85. The molecule has 0 aliphatic carbocycles. The van der Waals surface area contributed by atoms with Gasteiger partial charge in [0.1, 0.15) is 6.04 Å². The average Bonchev–Trinajstić information content (AvgIpc) is 2.61. The molecule has 1 saturated heterocycles. The molecule has 8 heteroatoms. The van der Waals surface area contributed by atoms with Crippen molar-refractivity contribution in [2.24, 2.45) is 0 Å². The molecule has 3 rings (SSSR count). The minimum Gasteiger partial charge on any atom is -0.465 e. The molecule has 2 aromatic rings. The van der Waals surface area contributed by atoms with Crippen LogP contribution in [0.4, 0.5) is 0 Å². The van der Waals surface area contributed by atoms with Crippen molar-refractivity contribution < 1.29 is 17.9 Å². The molecule has 1 heterocycles. The summed E-state index contributed by atoms with van der Waals surface area (Å²) in [5.41, 5.74) is 0. The van der Waals surface area contributed by atoms with Gasteiger partial charge in [-0.15, -0.1) is 0 Å². The van der Waals surface area contributed by atoms with Gasteiger partial charge in [0, 0.05) is 24.7 Å². The lowest BCUT2D eigenvalue weighted by Crippen LogP contribution is -2.56. The number of halogens is 1. The molecular weight excluding hydrogens is 364 g/mol. The van der Waals surface area contributed by atoms with E-state index >= 15 is 0 Å². The van der Waals surface area contributed by atoms with Gasteiger partial charge in [-0.05, 0) is 42.0 Å². The highest BCUT2D eigenvalue weighted by Crippen LogP contribution is 2.25. The van der Waals surface area contributed by atoms with Crippen LogP contribution in [0.2, 0.25) is 5.02 Å². The first kappa shape index (κ1) is 18.1. The first-order valence-electron chi connectivity index (χ1n) is 8.01. The van der Waals surface area contributed by atoms with Crippen LogP contribution in [0.5, 0.6) is 0 Å². The summed E-state index contributed by atoms with van der Waals surface area (Å²) in [5.74, 6) is -0.435. The van der Waals surface area contributed by atoms with Crippen LogP contribution < -0.4 is 5.32 Å². The summed E-state index contributed by atoms with van der Waals surface area (Å²) in [6.07, 6.45) is 0. The van der Waals surface area contributed by atoms with Crippen molar-refractivity contribution in [2.45, 2.75) is 17.9 Å². The number of benzene rings is 2. The lowest BCUT2D eigenvalue weighted by molar-refractivity contribution is -0.146. The van der Waals surface area contributed by atoms with Gasteiger partial charge >= 0.3 is 5.97 Å². The highest BCUT2D eigenvalue weighted by Gasteiger charge is 2.33. The molecule has 0 bridgehead atoms. The van der Waals surface area contributed by atoms with E-state index in [1.54, 1.807) is 43.3 Å². The molecule has 0 saturated carbocycles. The maximum absolute atomic E-state index is 12.9. The van der Waals surface area contributed by atoms with Crippen molar-refractivity contribution in [2.75, 3.05) is 26.2 Å². The molecule has 6 nitrogen and oxygen atoms in total. The summed E-state index contributed by atoms with van der Waals surface area (Å²) in [7, 11) is -3.69. The molecule has 0 radical (unpaired) electrons. The monoisotopic (exact) mass is 382 g/mol. The lowest BCUT2D eigenvalue weighted by Gasteiger charge is -2.31. The molecular formula is C17H19ClN2O4S. The number of fused-ring (bicyclic) bond motifs is 1. The Morgan fingerprint density at radius 1 is 1.28 bits per heavy atom. The zero-order valence-corrected chi connectivity index (χ0v) is 15.3. The number of nitrogens with one attached hydrogen (secondary N) is 1. The number of piperazine rings is 1. The second-order valence-electron chi connectivity index (χ2n) is 5.78. The van der Waals surface area contributed by atoms with E-state index in [0.717, 1.165) is 10.8 Å². The molecule has 1 aliphatic heterocycles. The van der Waals surface area contributed by atoms with Crippen LogP contribution in [0.3, 0.4) is 0 Å². The minimum atomic E-state index is -3.69. The van der Waals surface area contributed by atoms with E-state index < -0.39 is 22.0 Å². The van der Waals surface area contributed by atoms with Gasteiger partial charge in [0.05, 0.1) is 11.5 Å². The van der Waals surface area contributed by atoms with E-state index in [0.29, 0.717) is 18.1 Å². The Balaban J connectivity index is 1.88. The summed E-state index contributed by atoms with van der Waals surface area (Å²) in [4.78, 5) is 12.1. The number of rotatable bonds is 4. The van der Waals surface area contributed by atoms with E-state index in [1.165, 1.54) is 4.31 Å². The standard InChI is InChI=1S/C17H19ClN2O4S/c1-2-24-17(21)16-11-20(8-7-19-16)25(22,23)15-6-4-12-9-14(18)5-3-13(12)10-15/h3-6,9-10,16,19H,2,7-8,11H2,1H3. The van der Waals surface area contributed by atoms with Crippen molar-refractivity contribution in [1.29, 1.82) is 0 Å². The quantitative estimate of drug-likeness (QED) is 0.819. The minimum absolute atomic E-state index is 0.0554. The second-order valence-corrected chi connectivity index (χ2v) is 8.15. The molecule has 0 amide bonds. The Hall–Kier alpha value is -1.67. The fraction of sp³-hybridized carbons (Fsp3) is 0.353. The third kappa shape index (κ3) is 3.79. The molecule has 1 unspecified atom stereocenters. The molecule has 0 aromatic heterocycles. The number of ether oxygens (including phenoxy) is 1. The average molecular weight is 383 g/mol. The zero-order chi connectivity index (χ0) is 18.0. The Morgan fingerprint density at radius 2 is 2.00 bits per heavy atom. The number of carbonyl (C=O) groups is 1. The van der Waals surface area contributed by atoms with Crippen molar-refractivity contribution in [1.82, 2.24) is 9.62 Å². The molecule has 1 aliphatic rings. The van der Waals surface area contributed by atoms with Crippen LogP contribution in [0.1, 0.15) is 6.92 Å². The molecule has 1 fully saturated rings. The number of carbonyl (C=O) groups excluding carboxylic acids is 1. The smallest absolute Gasteiger partial charge is 0.324 e. The molecule has 134 valence electrons. The highest BCUT2D eigenvalue weighted by molar-refractivity contribution is 7.89. The number of esters is 1. The molecule has 2 aromatic carbocycles. The largest absolute Gasteiger partial charge is 0.465 e. The van der Waals surface area contributed by atoms with Crippen LogP contribution in [0.25, 0.3) is 10.8 Å². The first-order valence-corrected chi connectivity index (χ1v) is 9.83. The van der Waals surface area contributed by atoms with Gasteiger partial charge in [0.2, 0.25) is 10.0 Å². The normalized spacial score (nSPS) is 19.0. The third-order valence-electron chi connectivity index (χ3n) is 4.12. The van der Waals surface area contributed by atoms with Crippen molar-refractivity contribution in [3.8, 4) is 0 Å². The van der Waals surface area contributed by atoms with Crippen LogP contribution >= 0.6 is 11.6 Å². The third-order valence-corrected chi connectivity index (χ3v) is 6.22. The van der Waals surface area contributed by atoms with Gasteiger partial charge in [0.25, 0.3) is 0 Å². The van der Waals surface area contributed by atoms with Gasteiger partial charge in [-0.2, -0.15) is 4.31 Å². The fourth-order valence-corrected chi connectivity index (χ4v) is 4.52. The van der Waals surface area contributed by atoms with E-state index in [9.17, 15) is 13.2 Å². The van der Waals surface area contributed by atoms with Crippen molar-refractivity contribution in [3.63, 3.8) is 0 Å². The van der Waals surface area contributed by atoms with Gasteiger partial charge in [-0.25, -0.2) is 8.42 Å². The van der Waals surface area contributed by atoms with Gasteiger partial charge < -0.3 is 10.1 Å². The summed E-state index contributed by atoms with van der Waals surface area (Å²) in [6, 6.07) is 9.58. The summed E-state index contributed by atoms with van der Waals surface area (Å²) in [6.45, 7) is 2.73. The van der Waals surface area contributed by atoms with Crippen LogP contribution in [0, 0.1) is 0 Å². The van der Waals surface area contributed by atoms with Crippen LogP contribution in [-0.2, 0) is 19.6 Å². The van der Waals surface area contributed by atoms with E-state index in [-0.39, 0.29) is 18.0 Å². The number of hydrogen-bond donors (Lipinski definition) is 1. The molecule has 1 atom stereocenters. The number of nitrogens with zero attached hydrogens (tertiary/aromatic N) is 1. The van der Waals surface area contributed by atoms with E-state index in [2.05, 4.69) is 5.32 Å². The van der Waals surface area contributed by atoms with E-state index in [4.69, 9.17) is 16.3 Å². The molecule has 0 spiro atoms. The Labute approximate surface area is 151 Å². The topological polar surface area (TPSA) is 75.7 Å². The van der Waals surface area contributed by atoms with Crippen molar-refractivity contribution >= 4 is 38.4 Å². The number of hydrogen-bond acceptors (Lipinski definition) is 5. The summed E-state index contributed by atoms with van der Waals surface area (Å²) in [5, 5.41) is 5.26. The second kappa shape index (κ2) is 7.29. The predicted molar refractivity (Wildman–Crippen MR) is 96.1 cm³/mol. The predicted octanol–water partition coefficient (Wildman–Crippen LogP) is 2.02. The molecule has 25 heavy (non-hydrogen) atoms. The Morgan fingerprint density at radius 3 is 2.76 bits per heavy atom. The van der Waals surface area contributed by atoms with Gasteiger partial charge in [-0.1, -0.05) is 23.7 Å². The maximum atomic E-state index is 12.9. The Kier molecular flexibility index (Phi) is 5.29. The van der Waals surface area contributed by atoms with Gasteiger partial charge in [0.15, 0.2) is 0 Å². The van der Waals surface area contributed by atoms with E-state index in [1.807, 2.05) is 0 Å². The zero-order valence-electron chi connectivity index (χ0n) is 13.7. The van der Waals surface area contributed by atoms with Crippen LogP contribution in [-0.4, -0.2) is 51.0 Å². The van der Waals surface area contributed by atoms with Gasteiger partial charge in [-0.3, -0.25) is 4.79 Å². The molecule has 1 N–H and O–H groups in total. The SMILES string of the molecule is CCOC(=O)C1CN(S(=O)(=O)c2ccc3cc(Cl)ccc3c2)CCN1. The number of sulfonamides is 1. The summed E-state index contributed by atoms with van der Waals surface area (Å²) >= 11 is 5.96.